The van der Waals surface area contributed by atoms with Gasteiger partial charge in [-0.15, -0.1) is 0 Å². The smallest absolute Gasteiger partial charge is 0.251 e. The standard InChI is InChI=1S/C25H27N7O2/c1-4-21(33)19-10-6-17(7-11-19)14-27-16-23-29-22(5-2)30-25(31-23)32-28-15-18-8-12-20(13-9-18)24(34)26-3/h6-15H,4-5,16H2,1-3H3,(H,26,34)(H,29,30,31,32)/b27-14?,28-15+. The number of hydrogen-bond donors (Lipinski definition) is 2. The van der Waals surface area contributed by atoms with Crippen molar-refractivity contribution in [2.45, 2.75) is 33.2 Å². The Morgan fingerprint density at radius 1 is 0.853 bits per heavy atom. The second-order valence-electron chi connectivity index (χ2n) is 7.28. The molecule has 2 N–H and O–H groups in total. The highest BCUT2D eigenvalue weighted by Gasteiger charge is 2.05. The molecular weight excluding hydrogens is 430 g/mol. The Morgan fingerprint density at radius 3 is 2.09 bits per heavy atom. The van der Waals surface area contributed by atoms with Crippen LogP contribution in [0.2, 0.25) is 0 Å². The fraction of sp³-hybridized carbons (Fsp3) is 0.240. The topological polar surface area (TPSA) is 122 Å². The van der Waals surface area contributed by atoms with Gasteiger partial charge in [-0.05, 0) is 23.3 Å². The van der Waals surface area contributed by atoms with Crippen molar-refractivity contribution in [1.29, 1.82) is 0 Å². The Labute approximate surface area is 198 Å². The van der Waals surface area contributed by atoms with Gasteiger partial charge in [-0.3, -0.25) is 14.6 Å². The molecule has 1 aromatic heterocycles. The number of aromatic nitrogens is 3. The van der Waals surface area contributed by atoms with E-state index in [2.05, 4.69) is 35.8 Å². The van der Waals surface area contributed by atoms with E-state index in [4.69, 9.17) is 0 Å². The summed E-state index contributed by atoms with van der Waals surface area (Å²) < 4.78 is 0. The summed E-state index contributed by atoms with van der Waals surface area (Å²) in [7, 11) is 1.59. The van der Waals surface area contributed by atoms with Crippen LogP contribution in [0.5, 0.6) is 0 Å². The minimum atomic E-state index is -0.141. The molecule has 0 aliphatic rings. The number of aliphatic imine (C=N–C) groups is 1. The van der Waals surface area contributed by atoms with Crippen LogP contribution in [0.1, 0.15) is 63.8 Å². The molecule has 0 spiro atoms. The molecule has 1 heterocycles. The van der Waals surface area contributed by atoms with Gasteiger partial charge in [0.25, 0.3) is 5.91 Å². The van der Waals surface area contributed by atoms with E-state index < -0.39 is 0 Å². The van der Waals surface area contributed by atoms with Crippen LogP contribution in [0.3, 0.4) is 0 Å². The maximum atomic E-state index is 11.7. The highest BCUT2D eigenvalue weighted by atomic mass is 16.1. The maximum Gasteiger partial charge on any atom is 0.251 e. The third kappa shape index (κ3) is 6.86. The number of nitrogens with zero attached hydrogens (tertiary/aromatic N) is 5. The molecule has 1 amide bonds. The van der Waals surface area contributed by atoms with Crippen LogP contribution in [-0.2, 0) is 13.0 Å². The lowest BCUT2D eigenvalue weighted by Gasteiger charge is -2.04. The van der Waals surface area contributed by atoms with Gasteiger partial charge in [-0.2, -0.15) is 15.1 Å². The van der Waals surface area contributed by atoms with Crippen molar-refractivity contribution in [3.63, 3.8) is 0 Å². The summed E-state index contributed by atoms with van der Waals surface area (Å²) in [5.41, 5.74) is 5.82. The minimum absolute atomic E-state index is 0.115. The van der Waals surface area contributed by atoms with E-state index >= 15 is 0 Å². The molecule has 2 aromatic carbocycles. The predicted octanol–water partition coefficient (Wildman–Crippen LogP) is 3.45. The first-order valence-corrected chi connectivity index (χ1v) is 11.0. The van der Waals surface area contributed by atoms with Crippen molar-refractivity contribution in [3.8, 4) is 0 Å². The number of benzene rings is 2. The number of rotatable bonds is 10. The molecular formula is C25H27N7O2. The van der Waals surface area contributed by atoms with E-state index in [1.54, 1.807) is 55.9 Å². The van der Waals surface area contributed by atoms with Gasteiger partial charge < -0.3 is 5.32 Å². The quantitative estimate of drug-likeness (QED) is 0.273. The van der Waals surface area contributed by atoms with Crippen LogP contribution in [0, 0.1) is 0 Å². The number of nitrogens with one attached hydrogen (secondary N) is 2. The van der Waals surface area contributed by atoms with E-state index in [1.165, 1.54) is 0 Å². The lowest BCUT2D eigenvalue weighted by atomic mass is 10.1. The number of carbonyl (C=O) groups is 2. The van der Waals surface area contributed by atoms with Crippen molar-refractivity contribution in [2.75, 3.05) is 12.5 Å². The van der Waals surface area contributed by atoms with Gasteiger partial charge in [0.15, 0.2) is 11.6 Å². The summed E-state index contributed by atoms with van der Waals surface area (Å²) in [6.07, 6.45) is 4.47. The first kappa shape index (κ1) is 24.4. The number of Topliss-reactive ketones (excluding diaryl/α,β-unsaturated/α-hetero) is 1. The minimum Gasteiger partial charge on any atom is -0.355 e. The molecule has 3 aromatic rings. The Morgan fingerprint density at radius 2 is 1.47 bits per heavy atom. The number of hydrogen-bond acceptors (Lipinski definition) is 8. The summed E-state index contributed by atoms with van der Waals surface area (Å²) in [6, 6.07) is 14.4. The predicted molar refractivity (Wildman–Crippen MR) is 133 cm³/mol. The van der Waals surface area contributed by atoms with Crippen LogP contribution in [-0.4, -0.2) is 46.1 Å². The van der Waals surface area contributed by atoms with E-state index in [9.17, 15) is 9.59 Å². The summed E-state index contributed by atoms with van der Waals surface area (Å²) in [5, 5.41) is 6.77. The van der Waals surface area contributed by atoms with E-state index in [-0.39, 0.29) is 18.2 Å². The van der Waals surface area contributed by atoms with Gasteiger partial charge in [0.05, 0.1) is 12.8 Å². The number of hydrazone groups is 1. The first-order valence-electron chi connectivity index (χ1n) is 11.0. The SMILES string of the molecule is CCC(=O)c1ccc(C=NCc2nc(CC)nc(N/N=C/c3ccc(C(=O)NC)cc3)n2)cc1. The number of carbonyl (C=O) groups excluding carboxylic acids is 2. The Hall–Kier alpha value is -4.27. The van der Waals surface area contributed by atoms with Gasteiger partial charge in [0.1, 0.15) is 5.82 Å². The number of anilines is 1. The fourth-order valence-electron chi connectivity index (χ4n) is 2.97. The van der Waals surface area contributed by atoms with Gasteiger partial charge in [0, 0.05) is 37.2 Å². The second-order valence-corrected chi connectivity index (χ2v) is 7.28. The normalized spacial score (nSPS) is 11.1. The summed E-state index contributed by atoms with van der Waals surface area (Å²) in [5.74, 6) is 1.46. The number of amides is 1. The molecule has 34 heavy (non-hydrogen) atoms. The zero-order valence-electron chi connectivity index (χ0n) is 19.4. The largest absolute Gasteiger partial charge is 0.355 e. The summed E-state index contributed by atoms with van der Waals surface area (Å²) >= 11 is 0. The zero-order chi connectivity index (χ0) is 24.3. The van der Waals surface area contributed by atoms with Crippen LogP contribution in [0.25, 0.3) is 0 Å². The molecule has 0 aliphatic carbocycles. The fourth-order valence-corrected chi connectivity index (χ4v) is 2.97. The lowest BCUT2D eigenvalue weighted by Crippen LogP contribution is -2.17. The molecule has 0 saturated carbocycles. The average Bonchev–Trinajstić information content (AvgIpc) is 2.88. The molecule has 0 unspecified atom stereocenters. The third-order valence-electron chi connectivity index (χ3n) is 4.85. The second kappa shape index (κ2) is 12.1. The number of ketones is 1. The van der Waals surface area contributed by atoms with Crippen molar-refractivity contribution in [2.24, 2.45) is 10.1 Å². The van der Waals surface area contributed by atoms with Gasteiger partial charge >= 0.3 is 0 Å². The van der Waals surface area contributed by atoms with Gasteiger partial charge in [-0.1, -0.05) is 50.2 Å². The molecule has 0 aliphatic heterocycles. The summed E-state index contributed by atoms with van der Waals surface area (Å²) in [6.45, 7) is 4.09. The van der Waals surface area contributed by atoms with Crippen molar-refractivity contribution >= 4 is 30.1 Å². The Balaban J connectivity index is 1.63. The van der Waals surface area contributed by atoms with Crippen molar-refractivity contribution < 1.29 is 9.59 Å². The summed E-state index contributed by atoms with van der Waals surface area (Å²) in [4.78, 5) is 40.9. The molecule has 0 saturated heterocycles. The third-order valence-corrected chi connectivity index (χ3v) is 4.85. The van der Waals surface area contributed by atoms with Crippen molar-refractivity contribution in [1.82, 2.24) is 20.3 Å². The average molecular weight is 458 g/mol. The van der Waals surface area contributed by atoms with Gasteiger partial charge in [0.2, 0.25) is 5.95 Å². The van der Waals surface area contributed by atoms with Crippen LogP contribution < -0.4 is 10.7 Å². The highest BCUT2D eigenvalue weighted by molar-refractivity contribution is 5.96. The lowest BCUT2D eigenvalue weighted by molar-refractivity contribution is 0.0961. The maximum absolute atomic E-state index is 11.7. The molecule has 9 nitrogen and oxygen atoms in total. The zero-order valence-corrected chi connectivity index (χ0v) is 19.4. The molecule has 9 heteroatoms. The molecule has 174 valence electrons. The Kier molecular flexibility index (Phi) is 8.67. The van der Waals surface area contributed by atoms with E-state index in [0.717, 1.165) is 11.1 Å². The van der Waals surface area contributed by atoms with E-state index in [0.29, 0.717) is 41.6 Å². The van der Waals surface area contributed by atoms with Crippen molar-refractivity contribution in [3.05, 3.63) is 82.4 Å². The van der Waals surface area contributed by atoms with Crippen LogP contribution in [0.15, 0.2) is 58.6 Å². The first-order chi connectivity index (χ1) is 16.5. The van der Waals surface area contributed by atoms with Gasteiger partial charge in [-0.25, -0.2) is 10.4 Å². The monoisotopic (exact) mass is 457 g/mol. The van der Waals surface area contributed by atoms with Crippen LogP contribution in [0.4, 0.5) is 5.95 Å². The van der Waals surface area contributed by atoms with E-state index in [1.807, 2.05) is 26.0 Å². The molecule has 0 atom stereocenters. The molecule has 0 radical (unpaired) electrons. The number of aryl methyl sites for hydroxylation is 1. The molecule has 0 bridgehead atoms. The van der Waals surface area contributed by atoms with Crippen LogP contribution >= 0.6 is 0 Å². The molecule has 0 fully saturated rings. The highest BCUT2D eigenvalue weighted by Crippen LogP contribution is 2.08. The molecule has 3 rings (SSSR count). The Bertz CT molecular complexity index is 1100.